The molecule has 0 saturated heterocycles. The van der Waals surface area contributed by atoms with Crippen molar-refractivity contribution in [1.82, 2.24) is 15.2 Å². The minimum Gasteiger partial charge on any atom is -0.493 e. The zero-order valence-corrected chi connectivity index (χ0v) is 14.8. The van der Waals surface area contributed by atoms with Crippen molar-refractivity contribution in [2.24, 2.45) is 5.73 Å². The van der Waals surface area contributed by atoms with Crippen LogP contribution >= 0.6 is 15.9 Å². The van der Waals surface area contributed by atoms with Gasteiger partial charge in [-0.1, -0.05) is 6.07 Å². The molecular weight excluding hydrogens is 376 g/mol. The largest absolute Gasteiger partial charge is 0.493 e. The molecule has 2 heterocycles. The Morgan fingerprint density at radius 2 is 2.12 bits per heavy atom. The molecule has 2 aromatic heterocycles. The average molecular weight is 393 g/mol. The SMILES string of the molecule is CCOc1cc(C(N)c2nc(-c3ccc(Br)o3)n[nH]2)ccc1OC. The summed E-state index contributed by atoms with van der Waals surface area (Å²) in [7, 11) is 1.60. The van der Waals surface area contributed by atoms with E-state index in [0.717, 1.165) is 5.56 Å². The van der Waals surface area contributed by atoms with E-state index in [4.69, 9.17) is 19.6 Å². The summed E-state index contributed by atoms with van der Waals surface area (Å²) in [5.41, 5.74) is 7.14. The van der Waals surface area contributed by atoms with Crippen LogP contribution in [0.25, 0.3) is 11.6 Å². The maximum atomic E-state index is 6.30. The van der Waals surface area contributed by atoms with Gasteiger partial charge in [0.2, 0.25) is 5.82 Å². The molecule has 1 atom stereocenters. The van der Waals surface area contributed by atoms with E-state index in [-0.39, 0.29) is 0 Å². The third kappa shape index (κ3) is 3.29. The Hall–Kier alpha value is -2.32. The van der Waals surface area contributed by atoms with Gasteiger partial charge in [-0.05, 0) is 52.7 Å². The minimum atomic E-state index is -0.477. The molecule has 3 aromatic rings. The summed E-state index contributed by atoms with van der Waals surface area (Å²) in [4.78, 5) is 4.41. The summed E-state index contributed by atoms with van der Waals surface area (Å²) in [5.74, 6) is 2.84. The number of nitrogens with two attached hydrogens (primary N) is 1. The van der Waals surface area contributed by atoms with Crippen LogP contribution in [0.4, 0.5) is 0 Å². The summed E-state index contributed by atoms with van der Waals surface area (Å²) in [6.07, 6.45) is 0. The number of methoxy groups -OCH3 is 1. The minimum absolute atomic E-state index is 0.449. The summed E-state index contributed by atoms with van der Waals surface area (Å²) < 4.78 is 16.9. The predicted octanol–water partition coefficient (Wildman–Crippen LogP) is 3.28. The zero-order valence-electron chi connectivity index (χ0n) is 13.2. The quantitative estimate of drug-likeness (QED) is 0.667. The molecule has 0 aliphatic rings. The van der Waals surface area contributed by atoms with E-state index in [1.165, 1.54) is 0 Å². The lowest BCUT2D eigenvalue weighted by molar-refractivity contribution is 0.310. The van der Waals surface area contributed by atoms with Gasteiger partial charge in [0.15, 0.2) is 21.9 Å². The Morgan fingerprint density at radius 3 is 2.79 bits per heavy atom. The Morgan fingerprint density at radius 1 is 1.29 bits per heavy atom. The van der Waals surface area contributed by atoms with E-state index >= 15 is 0 Å². The highest BCUT2D eigenvalue weighted by Gasteiger charge is 2.18. The first-order valence-electron chi connectivity index (χ1n) is 7.36. The fourth-order valence-corrected chi connectivity index (χ4v) is 2.58. The van der Waals surface area contributed by atoms with Crippen LogP contribution in [-0.4, -0.2) is 28.9 Å². The van der Waals surface area contributed by atoms with Gasteiger partial charge in [0.1, 0.15) is 5.82 Å². The number of aromatic amines is 1. The second-order valence-corrected chi connectivity index (χ2v) is 5.75. The van der Waals surface area contributed by atoms with Crippen LogP contribution in [0.5, 0.6) is 11.5 Å². The highest BCUT2D eigenvalue weighted by molar-refractivity contribution is 9.10. The van der Waals surface area contributed by atoms with Gasteiger partial charge in [0.25, 0.3) is 0 Å². The summed E-state index contributed by atoms with van der Waals surface area (Å²) >= 11 is 3.26. The van der Waals surface area contributed by atoms with Crippen LogP contribution in [0.1, 0.15) is 24.4 Å². The lowest BCUT2D eigenvalue weighted by Crippen LogP contribution is -2.14. The third-order valence-corrected chi connectivity index (χ3v) is 3.86. The number of H-pyrrole nitrogens is 1. The fraction of sp³-hybridized carbons (Fsp3) is 0.250. The smallest absolute Gasteiger partial charge is 0.217 e. The molecule has 0 bridgehead atoms. The van der Waals surface area contributed by atoms with Gasteiger partial charge in [-0.25, -0.2) is 4.98 Å². The molecule has 24 heavy (non-hydrogen) atoms. The van der Waals surface area contributed by atoms with Crippen LogP contribution in [0.2, 0.25) is 0 Å². The predicted molar refractivity (Wildman–Crippen MR) is 92.0 cm³/mol. The van der Waals surface area contributed by atoms with Crippen LogP contribution in [0.3, 0.4) is 0 Å². The summed E-state index contributed by atoms with van der Waals surface area (Å²) in [6.45, 7) is 2.45. The van der Waals surface area contributed by atoms with E-state index in [9.17, 15) is 0 Å². The molecule has 1 aromatic carbocycles. The second-order valence-electron chi connectivity index (χ2n) is 4.97. The van der Waals surface area contributed by atoms with Crippen molar-refractivity contribution in [3.63, 3.8) is 0 Å². The van der Waals surface area contributed by atoms with Crippen molar-refractivity contribution >= 4 is 15.9 Å². The second kappa shape index (κ2) is 7.06. The molecule has 126 valence electrons. The van der Waals surface area contributed by atoms with Crippen molar-refractivity contribution in [2.75, 3.05) is 13.7 Å². The van der Waals surface area contributed by atoms with Crippen LogP contribution in [0, 0.1) is 0 Å². The van der Waals surface area contributed by atoms with Crippen molar-refractivity contribution in [2.45, 2.75) is 13.0 Å². The molecule has 0 aliphatic carbocycles. The first-order valence-corrected chi connectivity index (χ1v) is 8.16. The summed E-state index contributed by atoms with van der Waals surface area (Å²) in [6, 6.07) is 8.62. The van der Waals surface area contributed by atoms with Crippen LogP contribution in [-0.2, 0) is 0 Å². The molecule has 7 nitrogen and oxygen atoms in total. The van der Waals surface area contributed by atoms with E-state index in [1.807, 2.05) is 25.1 Å². The van der Waals surface area contributed by atoms with Crippen LogP contribution < -0.4 is 15.2 Å². The lowest BCUT2D eigenvalue weighted by atomic mass is 10.1. The number of nitrogens with zero attached hydrogens (tertiary/aromatic N) is 2. The maximum Gasteiger partial charge on any atom is 0.217 e. The van der Waals surface area contributed by atoms with Gasteiger partial charge in [0.05, 0.1) is 19.8 Å². The Labute approximate surface area is 147 Å². The van der Waals surface area contributed by atoms with E-state index < -0.39 is 6.04 Å². The Bertz CT molecular complexity index is 830. The molecule has 0 spiro atoms. The number of hydrogen-bond acceptors (Lipinski definition) is 6. The first kappa shape index (κ1) is 16.5. The molecule has 0 aliphatic heterocycles. The molecule has 8 heteroatoms. The van der Waals surface area contributed by atoms with Gasteiger partial charge < -0.3 is 19.6 Å². The molecule has 0 fully saturated rings. The zero-order chi connectivity index (χ0) is 17.1. The van der Waals surface area contributed by atoms with Gasteiger partial charge in [-0.2, -0.15) is 0 Å². The fourth-order valence-electron chi connectivity index (χ4n) is 2.27. The lowest BCUT2D eigenvalue weighted by Gasteiger charge is -2.14. The van der Waals surface area contributed by atoms with Crippen LogP contribution in [0.15, 0.2) is 39.4 Å². The summed E-state index contributed by atoms with van der Waals surface area (Å²) in [5, 5.41) is 7.01. The molecule has 0 amide bonds. The first-order chi connectivity index (χ1) is 11.6. The monoisotopic (exact) mass is 392 g/mol. The van der Waals surface area contributed by atoms with E-state index in [2.05, 4.69) is 31.1 Å². The Kier molecular flexibility index (Phi) is 4.86. The van der Waals surface area contributed by atoms with Gasteiger partial charge in [0, 0.05) is 0 Å². The normalized spacial score (nSPS) is 12.2. The molecule has 0 radical (unpaired) electrons. The molecule has 3 rings (SSSR count). The Balaban J connectivity index is 1.87. The highest BCUT2D eigenvalue weighted by Crippen LogP contribution is 2.31. The average Bonchev–Trinajstić information content (AvgIpc) is 3.23. The van der Waals surface area contributed by atoms with Crippen molar-refractivity contribution < 1.29 is 13.9 Å². The molecule has 3 N–H and O–H groups in total. The maximum absolute atomic E-state index is 6.30. The standard InChI is InChI=1S/C16H17BrN4O3/c1-3-23-12-8-9(4-5-10(12)22-2)14(18)16-19-15(20-21-16)11-6-7-13(17)24-11/h4-8,14H,3,18H2,1-2H3,(H,19,20,21). The number of furan rings is 1. The molecular formula is C16H17BrN4O3. The van der Waals surface area contributed by atoms with E-state index in [1.54, 1.807) is 19.2 Å². The number of ether oxygens (including phenoxy) is 2. The van der Waals surface area contributed by atoms with Crippen molar-refractivity contribution in [3.8, 4) is 23.1 Å². The number of nitrogens with one attached hydrogen (secondary N) is 1. The molecule has 1 unspecified atom stereocenters. The highest BCUT2D eigenvalue weighted by atomic mass is 79.9. The van der Waals surface area contributed by atoms with Crippen molar-refractivity contribution in [1.29, 1.82) is 0 Å². The number of benzene rings is 1. The van der Waals surface area contributed by atoms with E-state index in [0.29, 0.717) is 40.2 Å². The topological polar surface area (TPSA) is 99.2 Å². The van der Waals surface area contributed by atoms with Crippen molar-refractivity contribution in [3.05, 3.63) is 46.4 Å². The van der Waals surface area contributed by atoms with Gasteiger partial charge >= 0.3 is 0 Å². The number of hydrogen-bond donors (Lipinski definition) is 2. The number of rotatable bonds is 6. The van der Waals surface area contributed by atoms with Gasteiger partial charge in [-0.3, -0.25) is 5.10 Å². The van der Waals surface area contributed by atoms with Gasteiger partial charge in [-0.15, -0.1) is 5.10 Å². The third-order valence-electron chi connectivity index (χ3n) is 3.44. The number of aromatic nitrogens is 3. The number of halogens is 1. The molecule has 0 saturated carbocycles.